The van der Waals surface area contributed by atoms with Gasteiger partial charge in [0.05, 0.1) is 6.61 Å². The van der Waals surface area contributed by atoms with Crippen LogP contribution in [0.3, 0.4) is 0 Å². The lowest BCUT2D eigenvalue weighted by molar-refractivity contribution is -0.147. The molecular weight excluding hydrogens is 340 g/mol. The molecule has 1 atom stereocenters. The number of unbranched alkanes of at least 4 members (excludes halogenated alkanes) is 13. The van der Waals surface area contributed by atoms with Gasteiger partial charge in [0.2, 0.25) is 0 Å². The lowest BCUT2D eigenvalue weighted by Crippen LogP contribution is -2.21. The SMILES string of the molecule is CC(C)CCCCCCCCCCCCCCCCC(=O)OCC(O)CO. The molecule has 0 aliphatic rings. The van der Waals surface area contributed by atoms with Gasteiger partial charge in [-0.2, -0.15) is 0 Å². The summed E-state index contributed by atoms with van der Waals surface area (Å²) in [6.07, 6.45) is 19.1. The summed E-state index contributed by atoms with van der Waals surface area (Å²) in [7, 11) is 0. The summed E-state index contributed by atoms with van der Waals surface area (Å²) in [4.78, 5) is 11.4. The lowest BCUT2D eigenvalue weighted by Gasteiger charge is -2.08. The van der Waals surface area contributed by atoms with Crippen molar-refractivity contribution in [2.75, 3.05) is 13.2 Å². The minimum absolute atomic E-state index is 0.104. The topological polar surface area (TPSA) is 66.8 Å². The second-order valence-corrected chi connectivity index (χ2v) is 8.40. The Balaban J connectivity index is 3.13. The number of aliphatic hydroxyl groups is 2. The van der Waals surface area contributed by atoms with Gasteiger partial charge in [-0.1, -0.05) is 104 Å². The molecule has 0 aliphatic heterocycles. The molecule has 1 unspecified atom stereocenters. The monoisotopic (exact) mass is 386 g/mol. The summed E-state index contributed by atoms with van der Waals surface area (Å²) < 4.78 is 4.87. The molecule has 0 fully saturated rings. The fourth-order valence-corrected chi connectivity index (χ4v) is 3.26. The highest BCUT2D eigenvalue weighted by molar-refractivity contribution is 5.69. The molecule has 2 N–H and O–H groups in total. The third-order valence-corrected chi connectivity index (χ3v) is 5.06. The molecule has 0 radical (unpaired) electrons. The van der Waals surface area contributed by atoms with Gasteiger partial charge in [0.15, 0.2) is 0 Å². The molecule has 0 aliphatic carbocycles. The third kappa shape index (κ3) is 21.5. The number of hydrogen-bond donors (Lipinski definition) is 2. The molecule has 162 valence electrons. The highest BCUT2D eigenvalue weighted by atomic mass is 16.5. The predicted octanol–water partition coefficient (Wildman–Crippen LogP) is 5.78. The summed E-state index contributed by atoms with van der Waals surface area (Å²) in [6, 6.07) is 0. The smallest absolute Gasteiger partial charge is 0.305 e. The number of hydrogen-bond acceptors (Lipinski definition) is 4. The van der Waals surface area contributed by atoms with E-state index in [0.29, 0.717) is 6.42 Å². The van der Waals surface area contributed by atoms with Gasteiger partial charge >= 0.3 is 5.97 Å². The normalized spacial score (nSPS) is 12.5. The van der Waals surface area contributed by atoms with Gasteiger partial charge in [0.25, 0.3) is 0 Å². The summed E-state index contributed by atoms with van der Waals surface area (Å²) in [6.45, 7) is 4.15. The molecule has 0 amide bonds. The van der Waals surface area contributed by atoms with Crippen LogP contribution in [0, 0.1) is 5.92 Å². The van der Waals surface area contributed by atoms with Crippen molar-refractivity contribution < 1.29 is 19.7 Å². The Hall–Kier alpha value is -0.610. The second kappa shape index (κ2) is 20.1. The van der Waals surface area contributed by atoms with Crippen molar-refractivity contribution in [2.45, 2.75) is 123 Å². The second-order valence-electron chi connectivity index (χ2n) is 8.40. The van der Waals surface area contributed by atoms with Gasteiger partial charge in [-0.15, -0.1) is 0 Å². The van der Waals surface area contributed by atoms with Gasteiger partial charge in [-0.3, -0.25) is 4.79 Å². The van der Waals surface area contributed by atoms with Gasteiger partial charge in [-0.05, 0) is 12.3 Å². The lowest BCUT2D eigenvalue weighted by atomic mass is 10.0. The molecule has 4 heteroatoms. The largest absolute Gasteiger partial charge is 0.463 e. The van der Waals surface area contributed by atoms with Crippen LogP contribution in [0.1, 0.15) is 117 Å². The zero-order chi connectivity index (χ0) is 20.2. The van der Waals surface area contributed by atoms with E-state index in [-0.39, 0.29) is 19.2 Å². The van der Waals surface area contributed by atoms with Crippen molar-refractivity contribution in [3.8, 4) is 0 Å². The first-order valence-electron chi connectivity index (χ1n) is 11.5. The van der Waals surface area contributed by atoms with Crippen molar-refractivity contribution in [3.05, 3.63) is 0 Å². The maximum atomic E-state index is 11.4. The van der Waals surface area contributed by atoms with E-state index in [2.05, 4.69) is 13.8 Å². The van der Waals surface area contributed by atoms with Crippen LogP contribution < -0.4 is 0 Å². The van der Waals surface area contributed by atoms with Crippen molar-refractivity contribution in [1.29, 1.82) is 0 Å². The fourth-order valence-electron chi connectivity index (χ4n) is 3.26. The van der Waals surface area contributed by atoms with Crippen LogP contribution in [-0.4, -0.2) is 35.5 Å². The highest BCUT2D eigenvalue weighted by Gasteiger charge is 2.07. The van der Waals surface area contributed by atoms with Gasteiger partial charge in [0.1, 0.15) is 12.7 Å². The molecule has 27 heavy (non-hydrogen) atoms. The summed E-state index contributed by atoms with van der Waals surface area (Å²) in [5.41, 5.74) is 0. The molecule has 4 nitrogen and oxygen atoms in total. The van der Waals surface area contributed by atoms with E-state index in [1.165, 1.54) is 83.5 Å². The van der Waals surface area contributed by atoms with Crippen molar-refractivity contribution in [1.82, 2.24) is 0 Å². The maximum Gasteiger partial charge on any atom is 0.305 e. The standard InChI is InChI=1S/C23H46O4/c1-21(2)17-15-13-11-9-7-5-3-4-6-8-10-12-14-16-18-23(26)27-20-22(25)19-24/h21-22,24-25H,3-20H2,1-2H3. The highest BCUT2D eigenvalue weighted by Crippen LogP contribution is 2.14. The van der Waals surface area contributed by atoms with E-state index in [4.69, 9.17) is 14.9 Å². The number of esters is 1. The molecule has 0 saturated heterocycles. The van der Waals surface area contributed by atoms with Crippen molar-refractivity contribution in [3.63, 3.8) is 0 Å². The van der Waals surface area contributed by atoms with E-state index in [0.717, 1.165) is 18.8 Å². The van der Waals surface area contributed by atoms with Crippen LogP contribution in [0.2, 0.25) is 0 Å². The van der Waals surface area contributed by atoms with E-state index in [1.54, 1.807) is 0 Å². The first-order valence-corrected chi connectivity index (χ1v) is 11.5. The number of carbonyl (C=O) groups is 1. The maximum absolute atomic E-state index is 11.4. The number of ether oxygens (including phenoxy) is 1. The van der Waals surface area contributed by atoms with Gasteiger partial charge in [0, 0.05) is 6.42 Å². The predicted molar refractivity (Wildman–Crippen MR) is 113 cm³/mol. The van der Waals surface area contributed by atoms with Crippen LogP contribution in [0.4, 0.5) is 0 Å². The average Bonchev–Trinajstić information content (AvgIpc) is 2.65. The Morgan fingerprint density at radius 3 is 1.56 bits per heavy atom. The summed E-state index contributed by atoms with van der Waals surface area (Å²) >= 11 is 0. The third-order valence-electron chi connectivity index (χ3n) is 5.06. The Morgan fingerprint density at radius 2 is 1.15 bits per heavy atom. The zero-order valence-electron chi connectivity index (χ0n) is 18.1. The Bertz CT molecular complexity index is 318. The molecule has 0 aromatic carbocycles. The van der Waals surface area contributed by atoms with E-state index in [9.17, 15) is 4.79 Å². The number of carbonyl (C=O) groups excluding carboxylic acids is 1. The summed E-state index contributed by atoms with van der Waals surface area (Å²) in [5, 5.41) is 17.7. The van der Waals surface area contributed by atoms with Crippen molar-refractivity contribution in [2.24, 2.45) is 5.92 Å². The van der Waals surface area contributed by atoms with E-state index < -0.39 is 6.10 Å². The molecule has 0 heterocycles. The van der Waals surface area contributed by atoms with Gasteiger partial charge < -0.3 is 14.9 Å². The van der Waals surface area contributed by atoms with Crippen LogP contribution >= 0.6 is 0 Å². The van der Waals surface area contributed by atoms with Crippen LogP contribution in [0.15, 0.2) is 0 Å². The van der Waals surface area contributed by atoms with Crippen LogP contribution in [0.25, 0.3) is 0 Å². The molecule has 0 spiro atoms. The Labute approximate surface area is 168 Å². The van der Waals surface area contributed by atoms with Gasteiger partial charge in [-0.25, -0.2) is 0 Å². The minimum Gasteiger partial charge on any atom is -0.463 e. The first kappa shape index (κ1) is 26.4. The Morgan fingerprint density at radius 1 is 0.741 bits per heavy atom. The number of aliphatic hydroxyl groups excluding tert-OH is 2. The molecule has 0 aromatic rings. The first-order chi connectivity index (χ1) is 13.1. The van der Waals surface area contributed by atoms with Crippen LogP contribution in [0.5, 0.6) is 0 Å². The molecule has 0 saturated carbocycles. The summed E-state index contributed by atoms with van der Waals surface area (Å²) in [5.74, 6) is 0.585. The molecule has 0 bridgehead atoms. The molecular formula is C23H46O4. The zero-order valence-corrected chi connectivity index (χ0v) is 18.1. The van der Waals surface area contributed by atoms with Crippen molar-refractivity contribution >= 4 is 5.97 Å². The fraction of sp³-hybridized carbons (Fsp3) is 0.957. The number of rotatable bonds is 20. The Kier molecular flexibility index (Phi) is 19.7. The van der Waals surface area contributed by atoms with E-state index in [1.807, 2.05) is 0 Å². The van der Waals surface area contributed by atoms with Crippen LogP contribution in [-0.2, 0) is 9.53 Å². The molecule has 0 rings (SSSR count). The van der Waals surface area contributed by atoms with E-state index >= 15 is 0 Å². The minimum atomic E-state index is -0.955. The molecule has 0 aromatic heterocycles. The average molecular weight is 387 g/mol. The quantitative estimate of drug-likeness (QED) is 0.205.